The molecule has 1 aromatic heterocycles. The highest BCUT2D eigenvalue weighted by Gasteiger charge is 2.26. The first kappa shape index (κ1) is 10.0. The lowest BCUT2D eigenvalue weighted by Crippen LogP contribution is -2.20. The smallest absolute Gasteiger partial charge is 0.171 e. The van der Waals surface area contributed by atoms with Gasteiger partial charge in [0.1, 0.15) is 12.0 Å². The Morgan fingerprint density at radius 3 is 2.15 bits per heavy atom. The summed E-state index contributed by atoms with van der Waals surface area (Å²) < 4.78 is 5.19. The van der Waals surface area contributed by atoms with E-state index in [0.29, 0.717) is 5.56 Å². The molecule has 0 atom stereocenters. The summed E-state index contributed by atoms with van der Waals surface area (Å²) in [5.74, 6) is 0.967. The van der Waals surface area contributed by atoms with Crippen molar-refractivity contribution in [3.8, 4) is 0 Å². The molecule has 0 N–H and O–H groups in total. The van der Waals surface area contributed by atoms with Crippen LogP contribution in [0.1, 0.15) is 42.5 Å². The van der Waals surface area contributed by atoms with Crippen LogP contribution in [0, 0.1) is 19.3 Å². The van der Waals surface area contributed by atoms with Gasteiger partial charge in [-0.2, -0.15) is 0 Å². The van der Waals surface area contributed by atoms with Crippen LogP contribution in [0.5, 0.6) is 0 Å². The maximum atomic E-state index is 11.8. The quantitative estimate of drug-likeness (QED) is 0.621. The van der Waals surface area contributed by atoms with Gasteiger partial charge in [-0.25, -0.2) is 0 Å². The Balaban J connectivity index is 3.10. The van der Waals surface area contributed by atoms with Crippen molar-refractivity contribution in [3.63, 3.8) is 0 Å². The predicted octanol–water partition coefficient (Wildman–Crippen LogP) is 3.13. The molecule has 1 heterocycles. The number of rotatable bonds is 1. The molecule has 2 nitrogen and oxygen atoms in total. The van der Waals surface area contributed by atoms with Crippen molar-refractivity contribution in [2.45, 2.75) is 34.6 Å². The number of hydrogen-bond acceptors (Lipinski definition) is 2. The molecule has 0 spiro atoms. The van der Waals surface area contributed by atoms with Crippen molar-refractivity contribution in [2.75, 3.05) is 0 Å². The molecule has 72 valence electrons. The van der Waals surface area contributed by atoms with Gasteiger partial charge in [-0.05, 0) is 13.8 Å². The van der Waals surface area contributed by atoms with E-state index in [-0.39, 0.29) is 11.2 Å². The van der Waals surface area contributed by atoms with E-state index in [9.17, 15) is 4.79 Å². The van der Waals surface area contributed by atoms with Gasteiger partial charge in [-0.15, -0.1) is 0 Å². The zero-order chi connectivity index (χ0) is 10.2. The monoisotopic (exact) mass is 180 g/mol. The van der Waals surface area contributed by atoms with Crippen molar-refractivity contribution < 1.29 is 9.21 Å². The molecule has 0 aliphatic rings. The second kappa shape index (κ2) is 3.02. The van der Waals surface area contributed by atoms with Crippen molar-refractivity contribution in [3.05, 3.63) is 23.2 Å². The van der Waals surface area contributed by atoms with Crippen molar-refractivity contribution in [1.82, 2.24) is 0 Å². The average molecular weight is 180 g/mol. The minimum atomic E-state index is -0.332. The number of ketones is 1. The van der Waals surface area contributed by atoms with Crippen molar-refractivity contribution in [1.29, 1.82) is 0 Å². The maximum absolute atomic E-state index is 11.8. The van der Waals surface area contributed by atoms with E-state index in [0.717, 1.165) is 11.3 Å². The Labute approximate surface area is 78.9 Å². The SMILES string of the molecule is Cc1occ(C(=O)C(C)(C)C)c1C. The largest absolute Gasteiger partial charge is 0.469 e. The molecule has 0 aliphatic carbocycles. The third-order valence-corrected chi connectivity index (χ3v) is 2.21. The zero-order valence-electron chi connectivity index (χ0n) is 8.89. The van der Waals surface area contributed by atoms with Gasteiger partial charge in [0.15, 0.2) is 5.78 Å². The summed E-state index contributed by atoms with van der Waals surface area (Å²) in [7, 11) is 0. The summed E-state index contributed by atoms with van der Waals surface area (Å²) in [6.07, 6.45) is 1.55. The van der Waals surface area contributed by atoms with Crippen LogP contribution < -0.4 is 0 Å². The third kappa shape index (κ3) is 1.82. The zero-order valence-corrected chi connectivity index (χ0v) is 8.89. The summed E-state index contributed by atoms with van der Waals surface area (Å²) in [4.78, 5) is 11.8. The first-order valence-corrected chi connectivity index (χ1v) is 4.43. The Bertz CT molecular complexity index is 326. The molecule has 0 aromatic carbocycles. The number of furan rings is 1. The molecule has 13 heavy (non-hydrogen) atoms. The van der Waals surface area contributed by atoms with E-state index in [1.54, 1.807) is 6.26 Å². The molecule has 0 unspecified atom stereocenters. The molecule has 0 aliphatic heterocycles. The van der Waals surface area contributed by atoms with Gasteiger partial charge < -0.3 is 4.42 Å². The lowest BCUT2D eigenvalue weighted by molar-refractivity contribution is 0.0857. The normalized spacial score (nSPS) is 11.8. The molecular formula is C11H16O2. The highest BCUT2D eigenvalue weighted by atomic mass is 16.3. The summed E-state index contributed by atoms with van der Waals surface area (Å²) in [6, 6.07) is 0. The van der Waals surface area contributed by atoms with E-state index >= 15 is 0 Å². The van der Waals surface area contributed by atoms with Gasteiger partial charge in [-0.3, -0.25) is 4.79 Å². The molecular weight excluding hydrogens is 164 g/mol. The molecule has 1 aromatic rings. The van der Waals surface area contributed by atoms with E-state index in [1.165, 1.54) is 0 Å². The van der Waals surface area contributed by atoms with Crippen molar-refractivity contribution in [2.24, 2.45) is 5.41 Å². The first-order valence-electron chi connectivity index (χ1n) is 4.43. The van der Waals surface area contributed by atoms with E-state index in [4.69, 9.17) is 4.42 Å². The molecule has 0 saturated heterocycles. The van der Waals surface area contributed by atoms with Gasteiger partial charge in [0.2, 0.25) is 0 Å². The van der Waals surface area contributed by atoms with Gasteiger partial charge in [0.25, 0.3) is 0 Å². The number of carbonyl (C=O) groups is 1. The van der Waals surface area contributed by atoms with Crippen molar-refractivity contribution >= 4 is 5.78 Å². The fourth-order valence-electron chi connectivity index (χ4n) is 1.14. The second-order valence-corrected chi connectivity index (χ2v) is 4.41. The lowest BCUT2D eigenvalue weighted by atomic mass is 9.86. The molecule has 0 saturated carbocycles. The highest BCUT2D eigenvalue weighted by molar-refractivity contribution is 6.00. The van der Waals surface area contributed by atoms with Crippen LogP contribution in [0.3, 0.4) is 0 Å². The Morgan fingerprint density at radius 2 is 1.85 bits per heavy atom. The third-order valence-electron chi connectivity index (χ3n) is 2.21. The summed E-state index contributed by atoms with van der Waals surface area (Å²) >= 11 is 0. The number of Topliss-reactive ketones (excluding diaryl/α,β-unsaturated/α-hetero) is 1. The lowest BCUT2D eigenvalue weighted by Gasteiger charge is -2.15. The molecule has 0 amide bonds. The van der Waals surface area contributed by atoms with Crippen LogP contribution >= 0.6 is 0 Å². The molecule has 0 fully saturated rings. The Kier molecular flexibility index (Phi) is 2.33. The predicted molar refractivity (Wildman–Crippen MR) is 52.0 cm³/mol. The number of hydrogen-bond donors (Lipinski definition) is 0. The first-order chi connectivity index (χ1) is 5.84. The maximum Gasteiger partial charge on any atom is 0.171 e. The van der Waals surface area contributed by atoms with E-state index in [2.05, 4.69) is 0 Å². The van der Waals surface area contributed by atoms with Gasteiger partial charge in [0.05, 0.1) is 5.56 Å². The summed E-state index contributed by atoms with van der Waals surface area (Å²) in [5, 5.41) is 0. The molecule has 0 bridgehead atoms. The summed E-state index contributed by atoms with van der Waals surface area (Å²) in [6.45, 7) is 9.53. The van der Waals surface area contributed by atoms with Gasteiger partial charge >= 0.3 is 0 Å². The van der Waals surface area contributed by atoms with E-state index < -0.39 is 0 Å². The highest BCUT2D eigenvalue weighted by Crippen LogP contribution is 2.25. The Morgan fingerprint density at radius 1 is 1.31 bits per heavy atom. The van der Waals surface area contributed by atoms with E-state index in [1.807, 2.05) is 34.6 Å². The topological polar surface area (TPSA) is 30.2 Å². The number of aryl methyl sites for hydroxylation is 1. The fraction of sp³-hybridized carbons (Fsp3) is 0.545. The standard InChI is InChI=1S/C11H16O2/c1-7-8(2)13-6-9(7)10(12)11(3,4)5/h6H,1-5H3. The van der Waals surface area contributed by atoms with Gasteiger partial charge in [0, 0.05) is 11.0 Å². The fourth-order valence-corrected chi connectivity index (χ4v) is 1.14. The number of carbonyl (C=O) groups excluding carboxylic acids is 1. The summed E-state index contributed by atoms with van der Waals surface area (Å²) in [5.41, 5.74) is 1.34. The van der Waals surface area contributed by atoms with Gasteiger partial charge in [-0.1, -0.05) is 20.8 Å². The van der Waals surface area contributed by atoms with Crippen LogP contribution in [0.4, 0.5) is 0 Å². The van der Waals surface area contributed by atoms with Crippen LogP contribution in [0.15, 0.2) is 10.7 Å². The molecule has 1 rings (SSSR count). The molecule has 2 heteroatoms. The minimum absolute atomic E-state index is 0.141. The minimum Gasteiger partial charge on any atom is -0.469 e. The molecule has 0 radical (unpaired) electrons. The van der Waals surface area contributed by atoms with Crippen LogP contribution in [-0.2, 0) is 0 Å². The second-order valence-electron chi connectivity index (χ2n) is 4.41. The van der Waals surface area contributed by atoms with Crippen LogP contribution in [0.2, 0.25) is 0 Å². The average Bonchev–Trinajstić information content (AvgIpc) is 2.30. The van der Waals surface area contributed by atoms with Crippen LogP contribution in [-0.4, -0.2) is 5.78 Å². The van der Waals surface area contributed by atoms with Crippen LogP contribution in [0.25, 0.3) is 0 Å². The Hall–Kier alpha value is -1.05.